The summed E-state index contributed by atoms with van der Waals surface area (Å²) in [6.45, 7) is 9.98. The maximum absolute atomic E-state index is 9.87. The van der Waals surface area contributed by atoms with Crippen LogP contribution in [0, 0.1) is 23.2 Å². The Hall–Kier alpha value is -0.340. The van der Waals surface area contributed by atoms with Gasteiger partial charge in [0.15, 0.2) is 0 Å². The summed E-state index contributed by atoms with van der Waals surface area (Å²) in [5, 5.41) is 9.87. The molecule has 2 rings (SSSR count). The molecule has 104 valence electrons. The molecule has 1 saturated heterocycles. The lowest BCUT2D eigenvalue weighted by Crippen LogP contribution is -2.56. The zero-order valence-corrected chi connectivity index (χ0v) is 12.3. The Balaban J connectivity index is 2.26. The Kier molecular flexibility index (Phi) is 4.18. The van der Waals surface area contributed by atoms with Gasteiger partial charge in [0, 0.05) is 11.3 Å². The Morgan fingerprint density at radius 2 is 2.17 bits per heavy atom. The van der Waals surface area contributed by atoms with Crippen LogP contribution in [0.25, 0.3) is 0 Å². The van der Waals surface area contributed by atoms with Gasteiger partial charge in [0.2, 0.25) is 0 Å². The molecule has 1 fully saturated rings. The number of fused-ring (bicyclic) bond motifs is 2. The van der Waals surface area contributed by atoms with E-state index in [1.54, 1.807) is 0 Å². The molecule has 0 aromatic carbocycles. The van der Waals surface area contributed by atoms with Crippen molar-refractivity contribution in [3.8, 4) is 0 Å². The maximum atomic E-state index is 9.87. The van der Waals surface area contributed by atoms with E-state index < -0.39 is 0 Å². The zero-order valence-electron chi connectivity index (χ0n) is 12.3. The molecule has 0 unspecified atom stereocenters. The van der Waals surface area contributed by atoms with E-state index in [-0.39, 0.29) is 12.0 Å². The highest BCUT2D eigenvalue weighted by atomic mass is 16.5. The largest absolute Gasteiger partial charge is 0.396 e. The van der Waals surface area contributed by atoms with Gasteiger partial charge in [0.05, 0.1) is 19.3 Å². The van der Waals surface area contributed by atoms with Gasteiger partial charge in [-0.25, -0.2) is 0 Å². The minimum absolute atomic E-state index is 0.0487. The first-order valence-corrected chi connectivity index (χ1v) is 7.47. The maximum Gasteiger partial charge on any atom is 0.0643 e. The molecule has 5 atom stereocenters. The summed E-state index contributed by atoms with van der Waals surface area (Å²) >= 11 is 0. The van der Waals surface area contributed by atoms with Gasteiger partial charge in [-0.1, -0.05) is 45.3 Å². The molecule has 2 aliphatic rings. The van der Waals surface area contributed by atoms with Crippen molar-refractivity contribution >= 4 is 0 Å². The molecule has 18 heavy (non-hydrogen) atoms. The van der Waals surface area contributed by atoms with Gasteiger partial charge in [-0.05, 0) is 25.2 Å². The first-order chi connectivity index (χ1) is 8.56. The van der Waals surface area contributed by atoms with Crippen molar-refractivity contribution in [2.75, 3.05) is 13.2 Å². The van der Waals surface area contributed by atoms with Crippen LogP contribution in [-0.2, 0) is 4.74 Å². The molecule has 0 amide bonds. The third kappa shape index (κ3) is 2.04. The summed E-state index contributed by atoms with van der Waals surface area (Å²) < 4.78 is 6.15. The molecule has 0 aromatic rings. The third-order valence-electron chi connectivity index (χ3n) is 5.49. The summed E-state index contributed by atoms with van der Waals surface area (Å²) in [5.74, 6) is 1.45. The molecule has 0 radical (unpaired) electrons. The Morgan fingerprint density at radius 1 is 1.44 bits per heavy atom. The fourth-order valence-electron chi connectivity index (χ4n) is 4.08. The van der Waals surface area contributed by atoms with Crippen LogP contribution in [-0.4, -0.2) is 24.4 Å². The molecule has 0 saturated carbocycles. The molecule has 1 N–H and O–H groups in total. The SMILES string of the molecule is CCCC[C@H]1OC[C@]2(CO)[C@H](C)[C@@H]1C(C)=C[C@@H]2C. The number of ether oxygens (including phenoxy) is 1. The minimum Gasteiger partial charge on any atom is -0.396 e. The number of aliphatic hydroxyl groups excluding tert-OH is 1. The van der Waals surface area contributed by atoms with Crippen molar-refractivity contribution in [2.45, 2.75) is 53.1 Å². The minimum atomic E-state index is -0.0487. The molecule has 1 aliphatic carbocycles. The van der Waals surface area contributed by atoms with E-state index in [4.69, 9.17) is 4.74 Å². The average Bonchev–Trinajstić information content (AvgIpc) is 2.34. The van der Waals surface area contributed by atoms with Crippen molar-refractivity contribution < 1.29 is 9.84 Å². The van der Waals surface area contributed by atoms with Crippen molar-refractivity contribution in [1.82, 2.24) is 0 Å². The third-order valence-corrected chi connectivity index (χ3v) is 5.49. The van der Waals surface area contributed by atoms with E-state index in [9.17, 15) is 5.11 Å². The lowest BCUT2D eigenvalue weighted by Gasteiger charge is -2.55. The van der Waals surface area contributed by atoms with Crippen LogP contribution in [0.15, 0.2) is 11.6 Å². The van der Waals surface area contributed by atoms with Crippen LogP contribution in [0.3, 0.4) is 0 Å². The van der Waals surface area contributed by atoms with Crippen molar-refractivity contribution in [1.29, 1.82) is 0 Å². The van der Waals surface area contributed by atoms with Crippen molar-refractivity contribution in [2.24, 2.45) is 23.2 Å². The summed E-state index contributed by atoms with van der Waals surface area (Å²) in [6, 6.07) is 0. The second-order valence-electron chi connectivity index (χ2n) is 6.40. The molecule has 1 aliphatic heterocycles. The van der Waals surface area contributed by atoms with Crippen molar-refractivity contribution in [3.05, 3.63) is 11.6 Å². The zero-order chi connectivity index (χ0) is 13.3. The summed E-state index contributed by atoms with van der Waals surface area (Å²) in [6.07, 6.45) is 6.37. The monoisotopic (exact) mass is 252 g/mol. The lowest BCUT2D eigenvalue weighted by molar-refractivity contribution is -0.164. The predicted octanol–water partition coefficient (Wildman–Crippen LogP) is 3.40. The molecule has 0 aromatic heterocycles. The van der Waals surface area contributed by atoms with Gasteiger partial charge in [-0.2, -0.15) is 0 Å². The van der Waals surface area contributed by atoms with Crippen molar-refractivity contribution in [3.63, 3.8) is 0 Å². The average molecular weight is 252 g/mol. The first kappa shape index (κ1) is 14.1. The second-order valence-corrected chi connectivity index (χ2v) is 6.40. The molecule has 0 spiro atoms. The number of hydrogen-bond acceptors (Lipinski definition) is 2. The van der Waals surface area contributed by atoms with Crippen LogP contribution in [0.2, 0.25) is 0 Å². The van der Waals surface area contributed by atoms with Crippen LogP contribution in [0.4, 0.5) is 0 Å². The van der Waals surface area contributed by atoms with E-state index in [2.05, 4.69) is 33.8 Å². The predicted molar refractivity (Wildman–Crippen MR) is 74.4 cm³/mol. The van der Waals surface area contributed by atoms with Gasteiger partial charge < -0.3 is 9.84 Å². The molecule has 2 nitrogen and oxygen atoms in total. The van der Waals surface area contributed by atoms with Gasteiger partial charge >= 0.3 is 0 Å². The number of unbranched alkanes of at least 4 members (excludes halogenated alkanes) is 1. The number of rotatable bonds is 4. The smallest absolute Gasteiger partial charge is 0.0643 e. The molecule has 1 heterocycles. The van der Waals surface area contributed by atoms with E-state index in [1.165, 1.54) is 18.4 Å². The van der Waals surface area contributed by atoms with E-state index in [0.29, 0.717) is 23.9 Å². The number of aliphatic hydroxyl groups is 1. The number of allylic oxidation sites excluding steroid dienone is 1. The second kappa shape index (κ2) is 5.34. The first-order valence-electron chi connectivity index (χ1n) is 7.47. The summed E-state index contributed by atoms with van der Waals surface area (Å²) in [7, 11) is 0. The highest BCUT2D eigenvalue weighted by Gasteiger charge is 2.52. The molecular weight excluding hydrogens is 224 g/mol. The molecule has 2 bridgehead atoms. The highest BCUT2D eigenvalue weighted by Crippen LogP contribution is 2.52. The Labute approximate surface area is 111 Å². The lowest BCUT2D eigenvalue weighted by atomic mass is 9.56. The van der Waals surface area contributed by atoms with E-state index >= 15 is 0 Å². The fourth-order valence-corrected chi connectivity index (χ4v) is 4.08. The van der Waals surface area contributed by atoms with Crippen LogP contribution in [0.1, 0.15) is 47.0 Å². The standard InChI is InChI=1S/C16H28O2/c1-5-6-7-14-15-11(2)8-12(3)16(9-17,10-18-14)13(15)4/h8,12-15,17H,5-7,9-10H2,1-4H3/t12-,13+,14+,15-,16-/m0/s1. The van der Waals surface area contributed by atoms with E-state index in [1.807, 2.05) is 0 Å². The van der Waals surface area contributed by atoms with Crippen LogP contribution >= 0.6 is 0 Å². The van der Waals surface area contributed by atoms with Gasteiger partial charge in [-0.3, -0.25) is 0 Å². The normalized spacial score (nSPS) is 43.7. The van der Waals surface area contributed by atoms with Gasteiger partial charge in [0.1, 0.15) is 0 Å². The van der Waals surface area contributed by atoms with Crippen LogP contribution in [0.5, 0.6) is 0 Å². The summed E-state index contributed by atoms with van der Waals surface area (Å²) in [5.41, 5.74) is 1.42. The number of hydrogen-bond donors (Lipinski definition) is 1. The highest BCUT2D eigenvalue weighted by molar-refractivity contribution is 5.20. The van der Waals surface area contributed by atoms with Crippen LogP contribution < -0.4 is 0 Å². The quantitative estimate of drug-likeness (QED) is 0.777. The molecular formula is C16H28O2. The van der Waals surface area contributed by atoms with E-state index in [0.717, 1.165) is 13.0 Å². The Morgan fingerprint density at radius 3 is 2.78 bits per heavy atom. The Bertz CT molecular complexity index is 323. The van der Waals surface area contributed by atoms with Gasteiger partial charge in [-0.15, -0.1) is 0 Å². The topological polar surface area (TPSA) is 29.5 Å². The molecule has 2 heteroatoms. The fraction of sp³-hybridized carbons (Fsp3) is 0.875. The van der Waals surface area contributed by atoms with Gasteiger partial charge in [0.25, 0.3) is 0 Å². The summed E-state index contributed by atoms with van der Waals surface area (Å²) in [4.78, 5) is 0.